The normalized spacial score (nSPS) is 15.6. The third-order valence-electron chi connectivity index (χ3n) is 3.23. The monoisotopic (exact) mass is 353 g/mol. The third kappa shape index (κ3) is 3.59. The summed E-state index contributed by atoms with van der Waals surface area (Å²) in [6, 6.07) is 4.62. The van der Waals surface area contributed by atoms with Gasteiger partial charge in [-0.2, -0.15) is 0 Å². The molecule has 7 heteroatoms. The van der Waals surface area contributed by atoms with E-state index in [0.717, 1.165) is 19.3 Å². The van der Waals surface area contributed by atoms with Gasteiger partial charge in [-0.1, -0.05) is 52.8 Å². The predicted molar refractivity (Wildman–Crippen MR) is 82.0 cm³/mol. The Morgan fingerprint density at radius 2 is 1.85 bits per heavy atom. The zero-order valence-electron chi connectivity index (χ0n) is 10.3. The number of alkyl halides is 3. The third-order valence-corrected chi connectivity index (χ3v) is 3.98. The Hall–Kier alpha value is -0.480. The van der Waals surface area contributed by atoms with Crippen LogP contribution < -0.4 is 5.32 Å². The number of hydrogen-bond donors (Lipinski definition) is 1. The van der Waals surface area contributed by atoms with E-state index in [1.807, 2.05) is 0 Å². The number of amides is 1. The van der Waals surface area contributed by atoms with E-state index in [1.165, 1.54) is 12.1 Å². The molecule has 0 atom stereocenters. The van der Waals surface area contributed by atoms with Crippen molar-refractivity contribution in [1.29, 1.82) is 0 Å². The quantitative estimate of drug-likeness (QED) is 0.635. The lowest BCUT2D eigenvalue weighted by atomic mass is 9.79. The van der Waals surface area contributed by atoms with E-state index in [0.29, 0.717) is 16.3 Å². The van der Waals surface area contributed by atoms with Crippen LogP contribution in [0.4, 0.5) is 5.69 Å². The second kappa shape index (κ2) is 6.10. The summed E-state index contributed by atoms with van der Waals surface area (Å²) >= 11 is 22.4. The number of nitrogens with one attached hydrogen (secondary N) is 1. The van der Waals surface area contributed by atoms with Crippen molar-refractivity contribution in [1.82, 2.24) is 0 Å². The van der Waals surface area contributed by atoms with Gasteiger partial charge in [0.25, 0.3) is 9.70 Å². The van der Waals surface area contributed by atoms with Crippen molar-refractivity contribution < 1.29 is 9.59 Å². The lowest BCUT2D eigenvalue weighted by Gasteiger charge is -2.25. The van der Waals surface area contributed by atoms with Crippen LogP contribution in [0.1, 0.15) is 29.6 Å². The first kappa shape index (κ1) is 15.9. The fourth-order valence-corrected chi connectivity index (χ4v) is 2.23. The smallest absolute Gasteiger partial charge is 0.276 e. The average molecular weight is 355 g/mol. The molecule has 1 saturated carbocycles. The van der Waals surface area contributed by atoms with E-state index in [4.69, 9.17) is 46.4 Å². The Bertz CT molecular complexity index is 550. The van der Waals surface area contributed by atoms with Gasteiger partial charge in [0.05, 0.1) is 5.69 Å². The van der Waals surface area contributed by atoms with Crippen molar-refractivity contribution in [3.63, 3.8) is 0 Å². The number of benzene rings is 1. The van der Waals surface area contributed by atoms with Crippen LogP contribution in [0.15, 0.2) is 18.2 Å². The van der Waals surface area contributed by atoms with Crippen molar-refractivity contribution in [3.05, 3.63) is 28.8 Å². The first-order chi connectivity index (χ1) is 9.29. The first-order valence-electron chi connectivity index (χ1n) is 6.01. The molecule has 1 amide bonds. The van der Waals surface area contributed by atoms with Gasteiger partial charge in [-0.25, -0.2) is 0 Å². The standard InChI is InChI=1S/C13H11Cl4NO2/c14-8-4-5-10(18-12(20)13(15,16)17)9(6-8)11(19)7-2-1-3-7/h4-7H,1-3H2,(H,18,20). The van der Waals surface area contributed by atoms with Crippen LogP contribution in [0.2, 0.25) is 5.02 Å². The molecule has 1 aromatic carbocycles. The molecule has 1 aliphatic carbocycles. The maximum atomic E-state index is 12.3. The molecule has 0 radical (unpaired) electrons. The molecule has 2 rings (SSSR count). The second-order valence-corrected chi connectivity index (χ2v) is 7.35. The highest BCUT2D eigenvalue weighted by molar-refractivity contribution is 6.76. The molecule has 0 bridgehead atoms. The maximum Gasteiger partial charge on any atom is 0.276 e. The molecule has 20 heavy (non-hydrogen) atoms. The molecule has 0 spiro atoms. The molecule has 0 saturated heterocycles. The molecule has 1 fully saturated rings. The van der Waals surface area contributed by atoms with E-state index in [9.17, 15) is 9.59 Å². The number of halogens is 4. The number of hydrogen-bond acceptors (Lipinski definition) is 2. The fraction of sp³-hybridized carbons (Fsp3) is 0.385. The van der Waals surface area contributed by atoms with Gasteiger partial charge in [0, 0.05) is 16.5 Å². The summed E-state index contributed by atoms with van der Waals surface area (Å²) in [5, 5.41) is 2.86. The van der Waals surface area contributed by atoms with Crippen LogP contribution >= 0.6 is 46.4 Å². The van der Waals surface area contributed by atoms with Gasteiger partial charge in [-0.3, -0.25) is 9.59 Å². The molecule has 0 heterocycles. The van der Waals surface area contributed by atoms with Crippen LogP contribution in [0.25, 0.3) is 0 Å². The van der Waals surface area contributed by atoms with Crippen LogP contribution in [-0.4, -0.2) is 15.5 Å². The first-order valence-corrected chi connectivity index (χ1v) is 7.52. The minimum absolute atomic E-state index is 0.0168. The Morgan fingerprint density at radius 3 is 2.35 bits per heavy atom. The molecule has 0 aromatic heterocycles. The summed E-state index contributed by atoms with van der Waals surface area (Å²) in [6.07, 6.45) is 2.74. The van der Waals surface area contributed by atoms with Crippen molar-refractivity contribution in [2.45, 2.75) is 23.1 Å². The fourth-order valence-electron chi connectivity index (χ4n) is 1.91. The second-order valence-electron chi connectivity index (χ2n) is 4.63. The lowest BCUT2D eigenvalue weighted by Crippen LogP contribution is -2.29. The van der Waals surface area contributed by atoms with E-state index < -0.39 is 9.70 Å². The number of Topliss-reactive ketones (excluding diaryl/α,β-unsaturated/α-hetero) is 1. The Kier molecular flexibility index (Phi) is 4.85. The number of anilines is 1. The van der Waals surface area contributed by atoms with Crippen LogP contribution in [0.5, 0.6) is 0 Å². The summed E-state index contributed by atoms with van der Waals surface area (Å²) in [6.45, 7) is 0. The lowest BCUT2D eigenvalue weighted by molar-refractivity contribution is -0.115. The van der Waals surface area contributed by atoms with Gasteiger partial charge in [-0.15, -0.1) is 0 Å². The predicted octanol–water partition coefficient (Wildman–Crippen LogP) is 4.63. The zero-order chi connectivity index (χ0) is 14.9. The maximum absolute atomic E-state index is 12.3. The SMILES string of the molecule is O=C(c1cc(Cl)ccc1NC(=O)C(Cl)(Cl)Cl)C1CCC1. The molecule has 1 aromatic rings. The summed E-state index contributed by atoms with van der Waals surface area (Å²) in [7, 11) is 0. The van der Waals surface area contributed by atoms with Gasteiger partial charge < -0.3 is 5.32 Å². The molecule has 3 nitrogen and oxygen atoms in total. The summed E-state index contributed by atoms with van der Waals surface area (Å²) in [5.41, 5.74) is 0.660. The Balaban J connectivity index is 2.28. The van der Waals surface area contributed by atoms with E-state index >= 15 is 0 Å². The van der Waals surface area contributed by atoms with Gasteiger partial charge in [-0.05, 0) is 31.0 Å². The molecule has 0 aliphatic heterocycles. The van der Waals surface area contributed by atoms with Gasteiger partial charge in [0.2, 0.25) is 0 Å². The number of carbonyl (C=O) groups excluding carboxylic acids is 2. The highest BCUT2D eigenvalue weighted by Crippen LogP contribution is 2.34. The highest BCUT2D eigenvalue weighted by atomic mass is 35.6. The van der Waals surface area contributed by atoms with Crippen molar-refractivity contribution in [2.24, 2.45) is 5.92 Å². The molecule has 1 aliphatic rings. The minimum atomic E-state index is -2.09. The summed E-state index contributed by atoms with van der Waals surface area (Å²) in [5.74, 6) is -0.872. The average Bonchev–Trinajstić information content (AvgIpc) is 2.27. The highest BCUT2D eigenvalue weighted by Gasteiger charge is 2.33. The van der Waals surface area contributed by atoms with Crippen molar-refractivity contribution >= 4 is 63.8 Å². The largest absolute Gasteiger partial charge is 0.322 e. The van der Waals surface area contributed by atoms with Crippen LogP contribution in [0.3, 0.4) is 0 Å². The molecular weight excluding hydrogens is 344 g/mol. The topological polar surface area (TPSA) is 46.2 Å². The van der Waals surface area contributed by atoms with Gasteiger partial charge >= 0.3 is 0 Å². The molecule has 1 N–H and O–H groups in total. The van der Waals surface area contributed by atoms with Crippen LogP contribution in [0, 0.1) is 5.92 Å². The van der Waals surface area contributed by atoms with E-state index in [2.05, 4.69) is 5.32 Å². The Labute approximate surface area is 136 Å². The molecular formula is C13H11Cl4NO2. The van der Waals surface area contributed by atoms with Crippen LogP contribution in [-0.2, 0) is 4.79 Å². The van der Waals surface area contributed by atoms with Gasteiger partial charge in [0.1, 0.15) is 0 Å². The van der Waals surface area contributed by atoms with E-state index in [-0.39, 0.29) is 11.7 Å². The summed E-state index contributed by atoms with van der Waals surface area (Å²) < 4.78 is -2.09. The minimum Gasteiger partial charge on any atom is -0.322 e. The Morgan fingerprint density at radius 1 is 1.20 bits per heavy atom. The molecule has 108 valence electrons. The number of rotatable bonds is 3. The molecule has 0 unspecified atom stereocenters. The number of ketones is 1. The number of carbonyl (C=O) groups is 2. The summed E-state index contributed by atoms with van der Waals surface area (Å²) in [4.78, 5) is 24.0. The van der Waals surface area contributed by atoms with Gasteiger partial charge in [0.15, 0.2) is 5.78 Å². The van der Waals surface area contributed by atoms with Crippen molar-refractivity contribution in [3.8, 4) is 0 Å². The van der Waals surface area contributed by atoms with Crippen molar-refractivity contribution in [2.75, 3.05) is 5.32 Å². The van der Waals surface area contributed by atoms with E-state index in [1.54, 1.807) is 6.07 Å². The zero-order valence-corrected chi connectivity index (χ0v) is 13.3.